The summed E-state index contributed by atoms with van der Waals surface area (Å²) in [6.45, 7) is 10.9. The highest BCUT2D eigenvalue weighted by molar-refractivity contribution is 7.11. The van der Waals surface area contributed by atoms with Crippen LogP contribution < -0.4 is 0 Å². The van der Waals surface area contributed by atoms with Crippen molar-refractivity contribution >= 4 is 11.3 Å². The molecule has 3 heterocycles. The zero-order valence-electron chi connectivity index (χ0n) is 15.4. The SMILES string of the molecule is COCCN1CC(COC)C2(CCN(Cc3ccc(C)s3)CC2)C1. The summed E-state index contributed by atoms with van der Waals surface area (Å²) in [6.07, 6.45) is 2.60. The van der Waals surface area contributed by atoms with Crippen LogP contribution in [0.25, 0.3) is 0 Å². The van der Waals surface area contributed by atoms with E-state index in [0.29, 0.717) is 11.3 Å². The molecule has 24 heavy (non-hydrogen) atoms. The Bertz CT molecular complexity index is 511. The fraction of sp³-hybridized carbons (Fsp3) is 0.789. The Morgan fingerprint density at radius 1 is 1.17 bits per heavy atom. The molecule has 2 fully saturated rings. The van der Waals surface area contributed by atoms with E-state index in [1.54, 1.807) is 7.11 Å². The van der Waals surface area contributed by atoms with Crippen molar-refractivity contribution in [1.82, 2.24) is 9.80 Å². The predicted molar refractivity (Wildman–Crippen MR) is 99.7 cm³/mol. The van der Waals surface area contributed by atoms with Crippen LogP contribution in [0.15, 0.2) is 12.1 Å². The summed E-state index contributed by atoms with van der Waals surface area (Å²) in [5.74, 6) is 0.672. The molecule has 1 unspecified atom stereocenters. The highest BCUT2D eigenvalue weighted by Gasteiger charge is 2.47. The lowest BCUT2D eigenvalue weighted by molar-refractivity contribution is 0.0351. The van der Waals surface area contributed by atoms with Crippen molar-refractivity contribution in [3.05, 3.63) is 21.9 Å². The molecule has 2 aliphatic heterocycles. The summed E-state index contributed by atoms with van der Waals surface area (Å²) in [5, 5.41) is 0. The monoisotopic (exact) mass is 352 g/mol. The Morgan fingerprint density at radius 2 is 1.96 bits per heavy atom. The van der Waals surface area contributed by atoms with E-state index in [2.05, 4.69) is 28.9 Å². The average molecular weight is 353 g/mol. The smallest absolute Gasteiger partial charge is 0.0589 e. The maximum Gasteiger partial charge on any atom is 0.0589 e. The second-order valence-electron chi connectivity index (χ2n) is 7.53. The van der Waals surface area contributed by atoms with Crippen LogP contribution in [0.3, 0.4) is 0 Å². The maximum atomic E-state index is 5.56. The lowest BCUT2D eigenvalue weighted by Crippen LogP contribution is -2.44. The molecule has 0 N–H and O–H groups in total. The number of aryl methyl sites for hydroxylation is 1. The first-order valence-corrected chi connectivity index (χ1v) is 9.95. The van der Waals surface area contributed by atoms with Crippen LogP contribution >= 0.6 is 11.3 Å². The molecular formula is C19H32N2O2S. The summed E-state index contributed by atoms with van der Waals surface area (Å²) in [7, 11) is 3.64. The Morgan fingerprint density at radius 3 is 2.58 bits per heavy atom. The number of methoxy groups -OCH3 is 2. The largest absolute Gasteiger partial charge is 0.384 e. The molecule has 0 radical (unpaired) electrons. The second-order valence-corrected chi connectivity index (χ2v) is 8.90. The second kappa shape index (κ2) is 8.28. The van der Waals surface area contributed by atoms with Gasteiger partial charge in [-0.2, -0.15) is 0 Å². The molecule has 2 saturated heterocycles. The lowest BCUT2D eigenvalue weighted by Gasteiger charge is -2.42. The topological polar surface area (TPSA) is 24.9 Å². The molecule has 4 nitrogen and oxygen atoms in total. The Kier molecular flexibility index (Phi) is 6.33. The van der Waals surface area contributed by atoms with Crippen LogP contribution in [0.4, 0.5) is 0 Å². The first kappa shape index (κ1) is 18.3. The van der Waals surface area contributed by atoms with Crippen molar-refractivity contribution in [1.29, 1.82) is 0 Å². The Labute approximate surface area is 150 Å². The van der Waals surface area contributed by atoms with Crippen LogP contribution in [-0.2, 0) is 16.0 Å². The highest BCUT2D eigenvalue weighted by Crippen LogP contribution is 2.45. The van der Waals surface area contributed by atoms with Crippen molar-refractivity contribution < 1.29 is 9.47 Å². The molecule has 0 aliphatic carbocycles. The molecule has 5 heteroatoms. The molecule has 1 spiro atoms. The van der Waals surface area contributed by atoms with Gasteiger partial charge in [-0.05, 0) is 50.4 Å². The normalized spacial score (nSPS) is 24.9. The Balaban J connectivity index is 1.57. The number of hydrogen-bond acceptors (Lipinski definition) is 5. The third-order valence-electron chi connectivity index (χ3n) is 5.89. The molecule has 1 aromatic heterocycles. The molecule has 2 aliphatic rings. The molecule has 1 aromatic rings. The number of hydrogen-bond donors (Lipinski definition) is 0. The van der Waals surface area contributed by atoms with Crippen LogP contribution in [0.5, 0.6) is 0 Å². The number of rotatable bonds is 7. The molecule has 0 aromatic carbocycles. The first-order chi connectivity index (χ1) is 11.6. The van der Waals surface area contributed by atoms with Gasteiger partial charge in [0.2, 0.25) is 0 Å². The fourth-order valence-electron chi connectivity index (χ4n) is 4.48. The third kappa shape index (κ3) is 4.20. The summed E-state index contributed by atoms with van der Waals surface area (Å²) in [4.78, 5) is 8.15. The van der Waals surface area contributed by atoms with Crippen molar-refractivity contribution in [2.45, 2.75) is 26.3 Å². The zero-order chi connectivity index (χ0) is 17.0. The number of ether oxygens (including phenoxy) is 2. The van der Waals surface area contributed by atoms with Gasteiger partial charge in [-0.3, -0.25) is 4.90 Å². The Hall–Kier alpha value is -0.460. The number of piperidine rings is 1. The van der Waals surface area contributed by atoms with Crippen LogP contribution in [0.1, 0.15) is 22.6 Å². The van der Waals surface area contributed by atoms with Crippen LogP contribution in [0.2, 0.25) is 0 Å². The third-order valence-corrected chi connectivity index (χ3v) is 6.88. The summed E-state index contributed by atoms with van der Waals surface area (Å²) in [5.41, 5.74) is 0.450. The van der Waals surface area contributed by atoms with Gasteiger partial charge in [0, 0.05) is 56.1 Å². The molecule has 0 saturated carbocycles. The van der Waals surface area contributed by atoms with Crippen molar-refractivity contribution in [3.8, 4) is 0 Å². The number of likely N-dealkylation sites (tertiary alicyclic amines) is 2. The van der Waals surface area contributed by atoms with Crippen molar-refractivity contribution in [3.63, 3.8) is 0 Å². The van der Waals surface area contributed by atoms with Crippen LogP contribution in [-0.4, -0.2) is 70.0 Å². The van der Waals surface area contributed by atoms with Gasteiger partial charge in [-0.1, -0.05) is 0 Å². The van der Waals surface area contributed by atoms with Crippen molar-refractivity contribution in [2.24, 2.45) is 11.3 Å². The van der Waals surface area contributed by atoms with Gasteiger partial charge in [-0.15, -0.1) is 11.3 Å². The molecule has 0 bridgehead atoms. The van der Waals surface area contributed by atoms with E-state index in [1.807, 2.05) is 18.4 Å². The lowest BCUT2D eigenvalue weighted by atomic mass is 9.71. The molecular weight excluding hydrogens is 320 g/mol. The molecule has 0 amide bonds. The van der Waals surface area contributed by atoms with Gasteiger partial charge in [0.25, 0.3) is 0 Å². The first-order valence-electron chi connectivity index (χ1n) is 9.13. The molecule has 136 valence electrons. The van der Waals surface area contributed by atoms with Crippen molar-refractivity contribution in [2.75, 3.05) is 60.2 Å². The van der Waals surface area contributed by atoms with E-state index in [4.69, 9.17) is 9.47 Å². The standard InChI is InChI=1S/C19H32N2O2S/c1-16-4-5-18(24-16)13-20-8-6-19(7-9-20)15-21(10-11-22-2)12-17(19)14-23-3/h4-5,17H,6-15H2,1-3H3. The van der Waals surface area contributed by atoms with Gasteiger partial charge in [0.1, 0.15) is 0 Å². The van der Waals surface area contributed by atoms with E-state index in [1.165, 1.54) is 48.8 Å². The number of thiophene rings is 1. The summed E-state index contributed by atoms with van der Waals surface area (Å²) >= 11 is 1.94. The molecule has 1 atom stereocenters. The van der Waals surface area contributed by atoms with E-state index in [9.17, 15) is 0 Å². The predicted octanol–water partition coefficient (Wildman–Crippen LogP) is 2.86. The quantitative estimate of drug-likeness (QED) is 0.753. The zero-order valence-corrected chi connectivity index (χ0v) is 16.2. The average Bonchev–Trinajstić information content (AvgIpc) is 3.13. The fourth-order valence-corrected chi connectivity index (χ4v) is 5.41. The maximum absolute atomic E-state index is 5.56. The minimum absolute atomic E-state index is 0.450. The minimum atomic E-state index is 0.450. The van der Waals surface area contributed by atoms with E-state index >= 15 is 0 Å². The van der Waals surface area contributed by atoms with Gasteiger partial charge in [0.15, 0.2) is 0 Å². The van der Waals surface area contributed by atoms with E-state index in [-0.39, 0.29) is 0 Å². The van der Waals surface area contributed by atoms with E-state index < -0.39 is 0 Å². The number of nitrogens with zero attached hydrogens (tertiary/aromatic N) is 2. The van der Waals surface area contributed by atoms with Gasteiger partial charge in [0.05, 0.1) is 13.2 Å². The van der Waals surface area contributed by atoms with Crippen LogP contribution in [0, 0.1) is 18.3 Å². The van der Waals surface area contributed by atoms with Gasteiger partial charge >= 0.3 is 0 Å². The summed E-state index contributed by atoms with van der Waals surface area (Å²) in [6, 6.07) is 4.53. The molecule has 3 rings (SSSR count). The summed E-state index contributed by atoms with van der Waals surface area (Å²) < 4.78 is 10.8. The van der Waals surface area contributed by atoms with Gasteiger partial charge < -0.3 is 14.4 Å². The minimum Gasteiger partial charge on any atom is -0.384 e. The van der Waals surface area contributed by atoms with E-state index in [0.717, 1.165) is 26.3 Å². The highest BCUT2D eigenvalue weighted by atomic mass is 32.1. The van der Waals surface area contributed by atoms with Gasteiger partial charge in [-0.25, -0.2) is 0 Å².